The van der Waals surface area contributed by atoms with Gasteiger partial charge in [-0.2, -0.15) is 18.2 Å². The second-order valence-electron chi connectivity index (χ2n) is 17.4. The monoisotopic (exact) mass is 907 g/mol. The summed E-state index contributed by atoms with van der Waals surface area (Å²) in [5, 5.41) is 12.5. The van der Waals surface area contributed by atoms with Crippen LogP contribution in [0.1, 0.15) is 36.0 Å². The largest absolute Gasteiger partial charge is 0.416 e. The highest BCUT2D eigenvalue weighted by atomic mass is 19.4. The Morgan fingerprint density at radius 1 is 0.788 bits per heavy atom. The van der Waals surface area contributed by atoms with Crippen molar-refractivity contribution in [1.82, 2.24) is 49.9 Å². The van der Waals surface area contributed by atoms with Gasteiger partial charge in [0.1, 0.15) is 18.8 Å². The molecule has 10 rings (SSSR count). The van der Waals surface area contributed by atoms with Gasteiger partial charge in [0, 0.05) is 81.5 Å². The molecular weight excluding hydrogens is 864 g/mol. The lowest BCUT2D eigenvalue weighted by molar-refractivity contribution is -0.137. The Hall–Kier alpha value is -7.59. The SMILES string of the molecule is CN1CNc2nc(-c3cccc4cn(C(=O)CN5CC6(CCN(c7ncccn7)CC6)NC5=O)c(=O)nc34)nc(N3CCC4(CC3)CN(CC(=O)Nc3ccc(C(F)(F)F)cc3)C(=O)N4)c21. The topological polar surface area (TPSA) is 219 Å². The highest BCUT2D eigenvalue weighted by Crippen LogP contribution is 2.42. The zero-order chi connectivity index (χ0) is 46.0. The lowest BCUT2D eigenvalue weighted by atomic mass is 9.88. The van der Waals surface area contributed by atoms with Crippen LogP contribution in [0.3, 0.4) is 0 Å². The third kappa shape index (κ3) is 7.97. The molecule has 0 aliphatic carbocycles. The van der Waals surface area contributed by atoms with Crippen molar-refractivity contribution >= 4 is 63.7 Å². The molecule has 0 saturated carbocycles. The number of halogens is 3. The Bertz CT molecular complexity index is 2810. The minimum Gasteiger partial charge on any atom is -0.355 e. The van der Waals surface area contributed by atoms with Crippen LogP contribution in [0.4, 0.5) is 51.7 Å². The molecule has 20 nitrogen and oxygen atoms in total. The molecule has 342 valence electrons. The molecular formula is C43H44F3N15O5. The number of nitrogens with one attached hydrogen (secondary N) is 4. The fraction of sp³-hybridized carbons (Fsp3) is 0.395. The van der Waals surface area contributed by atoms with E-state index in [1.807, 2.05) is 11.9 Å². The van der Waals surface area contributed by atoms with Crippen LogP contribution in [0.15, 0.2) is 71.9 Å². The quantitative estimate of drug-likeness (QED) is 0.176. The first-order valence-corrected chi connectivity index (χ1v) is 21.5. The van der Waals surface area contributed by atoms with Crippen molar-refractivity contribution in [3.63, 3.8) is 0 Å². The van der Waals surface area contributed by atoms with Gasteiger partial charge in [0.15, 0.2) is 17.5 Å². The first-order chi connectivity index (χ1) is 31.6. The van der Waals surface area contributed by atoms with E-state index in [4.69, 9.17) is 9.97 Å². The van der Waals surface area contributed by atoms with Crippen LogP contribution in [-0.2, 0) is 11.0 Å². The maximum absolute atomic E-state index is 13.7. The number of urea groups is 2. The van der Waals surface area contributed by atoms with Crippen molar-refractivity contribution in [2.45, 2.75) is 42.9 Å². The summed E-state index contributed by atoms with van der Waals surface area (Å²) in [5.74, 6) is 1.01. The smallest absolute Gasteiger partial charge is 0.355 e. The lowest BCUT2D eigenvalue weighted by Gasteiger charge is -2.40. The predicted octanol–water partition coefficient (Wildman–Crippen LogP) is 3.19. The van der Waals surface area contributed by atoms with Crippen molar-refractivity contribution in [3.05, 3.63) is 83.2 Å². The van der Waals surface area contributed by atoms with Crippen molar-refractivity contribution < 1.29 is 32.3 Å². The summed E-state index contributed by atoms with van der Waals surface area (Å²) in [6.07, 6.45) is 2.62. The number of hydrogen-bond acceptors (Lipinski definition) is 14. The van der Waals surface area contributed by atoms with Crippen LogP contribution in [0, 0.1) is 0 Å². The molecule has 5 amide bonds. The normalized spacial score (nSPS) is 18.8. The van der Waals surface area contributed by atoms with E-state index >= 15 is 0 Å². The zero-order valence-corrected chi connectivity index (χ0v) is 35.6. The second-order valence-corrected chi connectivity index (χ2v) is 17.4. The van der Waals surface area contributed by atoms with Gasteiger partial charge in [-0.25, -0.2) is 38.9 Å². The summed E-state index contributed by atoms with van der Waals surface area (Å²) in [6.45, 7) is 2.67. The Morgan fingerprint density at radius 2 is 1.42 bits per heavy atom. The van der Waals surface area contributed by atoms with Gasteiger partial charge in [-0.05, 0) is 62.1 Å². The van der Waals surface area contributed by atoms with Gasteiger partial charge in [0.25, 0.3) is 5.91 Å². The predicted molar refractivity (Wildman–Crippen MR) is 235 cm³/mol. The van der Waals surface area contributed by atoms with E-state index in [1.54, 1.807) is 36.7 Å². The average molecular weight is 908 g/mol. The molecule has 2 spiro atoms. The summed E-state index contributed by atoms with van der Waals surface area (Å²) in [5.41, 5.74) is -1.06. The van der Waals surface area contributed by atoms with E-state index in [0.29, 0.717) is 105 Å². The first kappa shape index (κ1) is 42.4. The number of piperidine rings is 2. The molecule has 8 heterocycles. The van der Waals surface area contributed by atoms with Crippen LogP contribution >= 0.6 is 0 Å². The van der Waals surface area contributed by atoms with E-state index < -0.39 is 46.4 Å². The zero-order valence-electron chi connectivity index (χ0n) is 35.6. The third-order valence-electron chi connectivity index (χ3n) is 13.0. The first-order valence-electron chi connectivity index (χ1n) is 21.5. The number of nitrogens with zero attached hydrogens (tertiary/aromatic N) is 11. The molecule has 4 fully saturated rings. The van der Waals surface area contributed by atoms with Gasteiger partial charge in [-0.3, -0.25) is 9.59 Å². The molecule has 0 unspecified atom stereocenters. The Balaban J connectivity index is 0.819. The number of benzene rings is 2. The Morgan fingerprint density at radius 3 is 2.08 bits per heavy atom. The number of fused-ring (bicyclic) bond motifs is 2. The van der Waals surface area contributed by atoms with Gasteiger partial charge in [0.05, 0.1) is 28.8 Å². The number of carbonyl (C=O) groups is 4. The van der Waals surface area contributed by atoms with E-state index in [2.05, 4.69) is 46.0 Å². The molecule has 5 aliphatic heterocycles. The molecule has 66 heavy (non-hydrogen) atoms. The maximum atomic E-state index is 13.7. The van der Waals surface area contributed by atoms with Crippen LogP contribution in [-0.4, -0.2) is 140 Å². The van der Waals surface area contributed by atoms with E-state index in [0.717, 1.165) is 22.4 Å². The molecule has 0 radical (unpaired) electrons. The Labute approximate surface area is 374 Å². The molecule has 4 saturated heterocycles. The molecule has 5 aliphatic rings. The molecule has 23 heteroatoms. The van der Waals surface area contributed by atoms with Gasteiger partial charge in [0.2, 0.25) is 11.9 Å². The van der Waals surface area contributed by atoms with E-state index in [-0.39, 0.29) is 31.4 Å². The summed E-state index contributed by atoms with van der Waals surface area (Å²) in [6, 6.07) is 10.3. The Kier molecular flexibility index (Phi) is 10.4. The number of amides is 5. The molecule has 2 aromatic carbocycles. The number of para-hydroxylation sites is 1. The lowest BCUT2D eigenvalue weighted by Crippen LogP contribution is -2.53. The summed E-state index contributed by atoms with van der Waals surface area (Å²) >= 11 is 0. The number of anilines is 5. The van der Waals surface area contributed by atoms with E-state index in [1.165, 1.54) is 28.1 Å². The van der Waals surface area contributed by atoms with Crippen LogP contribution in [0.2, 0.25) is 0 Å². The standard InChI is InChI=1S/C43H44F3N15O5/c1-56-25-49-35-33(56)36(57-16-10-41(11-17-57)23-59(39(65)54-41)21-30(62)50-28-8-6-27(7-9-28)43(44,45)46)53-34(52-35)29-5-2-4-26-20-61(38(64)51-32(26)29)31(63)22-60-24-42(55-40(60)66)12-18-58(19-13-42)37-47-14-3-15-48-37/h2-9,14-15,20H,10-13,16-19,21-25H2,1H3,(H,50,62)(H,54,65)(H,55,66)(H,49,52,53). The van der Waals surface area contributed by atoms with Gasteiger partial charge in [-0.1, -0.05) is 12.1 Å². The highest BCUT2D eigenvalue weighted by molar-refractivity contribution is 5.96. The summed E-state index contributed by atoms with van der Waals surface area (Å²) in [4.78, 5) is 98.4. The summed E-state index contributed by atoms with van der Waals surface area (Å²) in [7, 11) is 1.91. The average Bonchev–Trinajstić information content (AvgIpc) is 3.93. The van der Waals surface area contributed by atoms with Crippen molar-refractivity contribution in [3.8, 4) is 11.4 Å². The van der Waals surface area contributed by atoms with Gasteiger partial charge in [-0.15, -0.1) is 0 Å². The minimum absolute atomic E-state index is 0.184. The fourth-order valence-corrected chi connectivity index (χ4v) is 9.50. The van der Waals surface area contributed by atoms with Crippen LogP contribution < -0.4 is 41.7 Å². The van der Waals surface area contributed by atoms with Crippen molar-refractivity contribution in [2.24, 2.45) is 0 Å². The number of rotatable bonds is 8. The van der Waals surface area contributed by atoms with Crippen LogP contribution in [0.25, 0.3) is 22.3 Å². The number of carbonyl (C=O) groups excluding carboxylic acids is 4. The van der Waals surface area contributed by atoms with Crippen molar-refractivity contribution in [2.75, 3.05) is 91.4 Å². The maximum Gasteiger partial charge on any atom is 0.416 e. The molecule has 3 aromatic heterocycles. The van der Waals surface area contributed by atoms with Crippen molar-refractivity contribution in [1.29, 1.82) is 0 Å². The van der Waals surface area contributed by atoms with E-state index in [9.17, 15) is 37.1 Å². The molecule has 5 aromatic rings. The summed E-state index contributed by atoms with van der Waals surface area (Å²) < 4.78 is 39.9. The second kappa shape index (κ2) is 16.1. The number of alkyl halides is 3. The molecule has 0 bridgehead atoms. The third-order valence-corrected chi connectivity index (χ3v) is 13.0. The van der Waals surface area contributed by atoms with Gasteiger partial charge < -0.3 is 45.8 Å². The number of aromatic nitrogens is 6. The fourth-order valence-electron chi connectivity index (χ4n) is 9.50. The minimum atomic E-state index is -4.50. The highest BCUT2D eigenvalue weighted by Gasteiger charge is 2.47. The molecule has 4 N–H and O–H groups in total. The number of hydrogen-bond donors (Lipinski definition) is 4. The molecule has 0 atom stereocenters. The van der Waals surface area contributed by atoms with Gasteiger partial charge >= 0.3 is 23.9 Å². The van der Waals surface area contributed by atoms with Crippen LogP contribution in [0.5, 0.6) is 0 Å².